The molecule has 0 atom stereocenters. The molecule has 0 heterocycles. The van der Waals surface area contributed by atoms with Crippen molar-refractivity contribution >= 4 is 31.4 Å². The van der Waals surface area contributed by atoms with Crippen molar-refractivity contribution in [2.45, 2.75) is 74.0 Å². The molecule has 0 aromatic heterocycles. The van der Waals surface area contributed by atoms with E-state index in [-0.39, 0.29) is 48.9 Å². The monoisotopic (exact) mass is 834 g/mol. The zero-order valence-electron chi connectivity index (χ0n) is 29.8. The number of phenols is 2. The van der Waals surface area contributed by atoms with Crippen LogP contribution in [0.15, 0.2) is 58.3 Å². The van der Waals surface area contributed by atoms with Gasteiger partial charge in [0.2, 0.25) is 20.0 Å². The molecule has 0 radical (unpaired) electrons. The Balaban J connectivity index is 0.000000259. The van der Waals surface area contributed by atoms with Crippen molar-refractivity contribution in [3.8, 4) is 11.5 Å². The SMILES string of the molecule is NS(=O)(=O)c1c(F)c(F)c(NCCc2ccc(O)cc2)c(F)c1CC1CCCCCCC1.NS(=O)(=O)c1c(F)c(F)c(NCCc2ccc(O)cc2)c(F)c1F. The van der Waals surface area contributed by atoms with Gasteiger partial charge < -0.3 is 20.8 Å². The summed E-state index contributed by atoms with van der Waals surface area (Å²) >= 11 is 0. The summed E-state index contributed by atoms with van der Waals surface area (Å²) in [6, 6.07) is 12.2. The van der Waals surface area contributed by atoms with Crippen LogP contribution in [-0.4, -0.2) is 40.1 Å². The largest absolute Gasteiger partial charge is 0.508 e. The van der Waals surface area contributed by atoms with Gasteiger partial charge in [0.25, 0.3) is 0 Å². The van der Waals surface area contributed by atoms with Gasteiger partial charge in [0.05, 0.1) is 0 Å². The minimum atomic E-state index is -4.97. The molecular formula is C37H41F7N4O6S2. The number of rotatable bonds is 12. The lowest BCUT2D eigenvalue weighted by Crippen LogP contribution is -2.22. The summed E-state index contributed by atoms with van der Waals surface area (Å²) < 4.78 is 146. The number of sulfonamides is 2. The number of phenolic OH excluding ortho intramolecular Hbond substituents is 2. The zero-order chi connectivity index (χ0) is 41.4. The molecule has 0 bridgehead atoms. The molecule has 1 fully saturated rings. The molecule has 4 aromatic rings. The van der Waals surface area contributed by atoms with Crippen LogP contribution in [0.4, 0.5) is 42.1 Å². The minimum Gasteiger partial charge on any atom is -0.508 e. The van der Waals surface area contributed by atoms with Crippen molar-refractivity contribution in [2.24, 2.45) is 16.2 Å². The molecule has 19 heteroatoms. The Kier molecular flexibility index (Phi) is 15.0. The summed E-state index contributed by atoms with van der Waals surface area (Å²) in [6.07, 6.45) is 7.18. The van der Waals surface area contributed by atoms with Gasteiger partial charge in [-0.2, -0.15) is 0 Å². The van der Waals surface area contributed by atoms with Crippen LogP contribution in [0.5, 0.6) is 11.5 Å². The van der Waals surface area contributed by atoms with Gasteiger partial charge in [0, 0.05) is 18.7 Å². The number of halogens is 7. The average Bonchev–Trinajstić information content (AvgIpc) is 3.11. The Hall–Kier alpha value is -4.59. The Bertz CT molecular complexity index is 2190. The van der Waals surface area contributed by atoms with Crippen molar-refractivity contribution in [1.29, 1.82) is 0 Å². The van der Waals surface area contributed by atoms with Gasteiger partial charge in [-0.1, -0.05) is 69.2 Å². The third-order valence-corrected chi connectivity index (χ3v) is 11.1. The first-order valence-electron chi connectivity index (χ1n) is 17.5. The summed E-state index contributed by atoms with van der Waals surface area (Å²) in [5.41, 5.74) is -0.717. The normalized spacial score (nSPS) is 14.0. The fraction of sp³-hybridized carbons (Fsp3) is 0.351. The molecule has 1 aliphatic rings. The van der Waals surface area contributed by atoms with Crippen LogP contribution >= 0.6 is 0 Å². The maximum Gasteiger partial charge on any atom is 0.244 e. The predicted octanol–water partition coefficient (Wildman–Crippen LogP) is 7.27. The molecule has 4 aromatic carbocycles. The topological polar surface area (TPSA) is 185 Å². The van der Waals surface area contributed by atoms with Crippen LogP contribution in [0.25, 0.3) is 0 Å². The summed E-state index contributed by atoms with van der Waals surface area (Å²) in [4.78, 5) is -2.94. The summed E-state index contributed by atoms with van der Waals surface area (Å²) in [5.74, 6) is -12.2. The number of hydrogen-bond donors (Lipinski definition) is 6. The molecule has 0 unspecified atom stereocenters. The number of hydrogen-bond acceptors (Lipinski definition) is 8. The molecule has 0 saturated heterocycles. The van der Waals surface area contributed by atoms with Crippen LogP contribution in [-0.2, 0) is 39.3 Å². The van der Waals surface area contributed by atoms with Gasteiger partial charge in [-0.15, -0.1) is 0 Å². The van der Waals surface area contributed by atoms with Gasteiger partial charge in [-0.05, 0) is 60.6 Å². The van der Waals surface area contributed by atoms with Crippen molar-refractivity contribution in [1.82, 2.24) is 0 Å². The average molecular weight is 835 g/mol. The van der Waals surface area contributed by atoms with E-state index in [1.54, 1.807) is 24.3 Å². The van der Waals surface area contributed by atoms with E-state index in [4.69, 9.17) is 10.2 Å². The first-order chi connectivity index (χ1) is 26.3. The van der Waals surface area contributed by atoms with Gasteiger partial charge in [-0.25, -0.2) is 57.8 Å². The lowest BCUT2D eigenvalue weighted by Gasteiger charge is -2.22. The van der Waals surface area contributed by atoms with Gasteiger partial charge in [-0.3, -0.25) is 0 Å². The fourth-order valence-corrected chi connectivity index (χ4v) is 7.90. The number of benzene rings is 4. The van der Waals surface area contributed by atoms with Gasteiger partial charge in [0.15, 0.2) is 45.6 Å². The van der Waals surface area contributed by atoms with Crippen LogP contribution in [0.1, 0.15) is 61.6 Å². The second-order valence-corrected chi connectivity index (χ2v) is 16.3. The molecule has 306 valence electrons. The quantitative estimate of drug-likeness (QED) is 0.0636. The maximum atomic E-state index is 15.4. The Morgan fingerprint density at radius 1 is 0.536 bits per heavy atom. The summed E-state index contributed by atoms with van der Waals surface area (Å²) in [5, 5.41) is 32.9. The van der Waals surface area contributed by atoms with Crippen LogP contribution in [0.3, 0.4) is 0 Å². The number of primary sulfonamides is 2. The number of aromatic hydroxyl groups is 2. The standard InChI is InChI=1S/C23H29F3N2O3S.C14H12F4N2O3S/c24-19-18(14-16-6-4-2-1-3-5-7-16)23(32(27,30)31)21(26)20(25)22(19)28-13-12-15-8-10-17(29)11-9-15;15-9-11(17)14(24(19,22)23)12(18)10(16)13(9)20-6-5-7-1-3-8(21)4-2-7/h8-11,16,28-29H,1-7,12-14H2,(H2,27,30,31);1-4,20-21H,5-6H2,(H2,19,22,23). The van der Waals surface area contributed by atoms with Gasteiger partial charge >= 0.3 is 0 Å². The third-order valence-electron chi connectivity index (χ3n) is 9.18. The summed E-state index contributed by atoms with van der Waals surface area (Å²) in [7, 11) is -9.64. The predicted molar refractivity (Wildman–Crippen MR) is 195 cm³/mol. The molecule has 0 spiro atoms. The first-order valence-corrected chi connectivity index (χ1v) is 20.5. The molecular weight excluding hydrogens is 794 g/mol. The van der Waals surface area contributed by atoms with E-state index < -0.39 is 81.9 Å². The molecule has 10 nitrogen and oxygen atoms in total. The molecule has 5 rings (SSSR count). The van der Waals surface area contributed by atoms with Crippen LogP contribution in [0, 0.1) is 46.6 Å². The smallest absolute Gasteiger partial charge is 0.244 e. The van der Waals surface area contributed by atoms with Crippen molar-refractivity contribution in [2.75, 3.05) is 23.7 Å². The molecule has 0 amide bonds. The fourth-order valence-electron chi connectivity index (χ4n) is 6.36. The highest BCUT2D eigenvalue weighted by atomic mass is 32.2. The van der Waals surface area contributed by atoms with E-state index >= 15 is 4.39 Å². The van der Waals surface area contributed by atoms with Crippen molar-refractivity contribution in [3.05, 3.63) is 106 Å². The van der Waals surface area contributed by atoms with E-state index in [0.29, 0.717) is 12.0 Å². The molecule has 56 heavy (non-hydrogen) atoms. The van der Waals surface area contributed by atoms with E-state index in [9.17, 15) is 48.3 Å². The highest BCUT2D eigenvalue weighted by Gasteiger charge is 2.33. The van der Waals surface area contributed by atoms with E-state index in [1.165, 1.54) is 24.3 Å². The van der Waals surface area contributed by atoms with E-state index in [2.05, 4.69) is 15.8 Å². The van der Waals surface area contributed by atoms with Crippen LogP contribution in [0.2, 0.25) is 0 Å². The number of nitrogens with two attached hydrogens (primary N) is 2. The first kappa shape index (κ1) is 44.1. The highest BCUT2D eigenvalue weighted by Crippen LogP contribution is 2.36. The highest BCUT2D eigenvalue weighted by molar-refractivity contribution is 7.89. The Morgan fingerprint density at radius 3 is 1.29 bits per heavy atom. The van der Waals surface area contributed by atoms with E-state index in [0.717, 1.165) is 50.5 Å². The second-order valence-electron chi connectivity index (χ2n) is 13.3. The number of anilines is 2. The van der Waals surface area contributed by atoms with Crippen molar-refractivity contribution < 1.29 is 57.8 Å². The maximum absolute atomic E-state index is 15.4. The van der Waals surface area contributed by atoms with E-state index in [1.807, 2.05) is 0 Å². The van der Waals surface area contributed by atoms with Crippen molar-refractivity contribution in [3.63, 3.8) is 0 Å². The molecule has 1 aliphatic carbocycles. The Morgan fingerprint density at radius 2 is 0.893 bits per heavy atom. The molecule has 0 aliphatic heterocycles. The number of nitrogens with one attached hydrogen (secondary N) is 2. The third kappa shape index (κ3) is 11.3. The zero-order valence-corrected chi connectivity index (χ0v) is 31.5. The molecule has 8 N–H and O–H groups in total. The second kappa shape index (κ2) is 19.0. The summed E-state index contributed by atoms with van der Waals surface area (Å²) in [6.45, 7) is -0.0259. The van der Waals surface area contributed by atoms with Gasteiger partial charge in [0.1, 0.15) is 27.8 Å². The Labute approximate surface area is 319 Å². The lowest BCUT2D eigenvalue weighted by atomic mass is 9.86. The minimum absolute atomic E-state index is 0.0125. The lowest BCUT2D eigenvalue weighted by molar-refractivity contribution is 0.367. The molecule has 1 saturated carbocycles. The van der Waals surface area contributed by atoms with Crippen LogP contribution < -0.4 is 20.9 Å².